The second-order valence-electron chi connectivity index (χ2n) is 6.73. The monoisotopic (exact) mass is 397 g/mol. The number of hydrogen-bond acceptors (Lipinski definition) is 4. The third kappa shape index (κ3) is 4.53. The van der Waals surface area contributed by atoms with Gasteiger partial charge in [0.05, 0.1) is 11.4 Å². The molecule has 0 unspecified atom stereocenters. The minimum Gasteiger partial charge on any atom is -0.374 e. The first-order chi connectivity index (χ1) is 13.4. The molecule has 1 aliphatic heterocycles. The van der Waals surface area contributed by atoms with Crippen molar-refractivity contribution in [2.45, 2.75) is 24.3 Å². The molecule has 0 bridgehead atoms. The summed E-state index contributed by atoms with van der Waals surface area (Å²) in [5.41, 5.74) is 3.81. The van der Waals surface area contributed by atoms with Crippen molar-refractivity contribution in [2.24, 2.45) is 0 Å². The van der Waals surface area contributed by atoms with E-state index in [0.717, 1.165) is 24.9 Å². The lowest BCUT2D eigenvalue weighted by Crippen LogP contribution is -2.26. The SMILES string of the molecule is C#CCNS(=O)(=O)c1cccc(C(=O)NCc2ccc3c(c2)CCCN3C)c1. The Morgan fingerprint density at radius 3 is 2.86 bits per heavy atom. The molecule has 7 heteroatoms. The number of terminal acetylenes is 1. The smallest absolute Gasteiger partial charge is 0.251 e. The van der Waals surface area contributed by atoms with Crippen LogP contribution in [0.15, 0.2) is 47.4 Å². The first-order valence-electron chi connectivity index (χ1n) is 9.05. The Morgan fingerprint density at radius 1 is 1.25 bits per heavy atom. The maximum Gasteiger partial charge on any atom is 0.251 e. The van der Waals surface area contributed by atoms with Crippen molar-refractivity contribution < 1.29 is 13.2 Å². The van der Waals surface area contributed by atoms with Gasteiger partial charge in [-0.2, -0.15) is 4.72 Å². The number of benzene rings is 2. The van der Waals surface area contributed by atoms with E-state index in [9.17, 15) is 13.2 Å². The van der Waals surface area contributed by atoms with Crippen LogP contribution in [-0.4, -0.2) is 34.5 Å². The average Bonchev–Trinajstić information content (AvgIpc) is 2.70. The molecule has 6 nitrogen and oxygen atoms in total. The van der Waals surface area contributed by atoms with E-state index in [1.54, 1.807) is 6.07 Å². The highest BCUT2D eigenvalue weighted by atomic mass is 32.2. The molecule has 3 rings (SSSR count). The number of nitrogens with one attached hydrogen (secondary N) is 2. The number of sulfonamides is 1. The highest BCUT2D eigenvalue weighted by molar-refractivity contribution is 7.89. The number of nitrogens with zero attached hydrogens (tertiary/aromatic N) is 1. The van der Waals surface area contributed by atoms with Crippen LogP contribution in [-0.2, 0) is 23.0 Å². The summed E-state index contributed by atoms with van der Waals surface area (Å²) in [5, 5.41) is 2.85. The van der Waals surface area contributed by atoms with Crippen molar-refractivity contribution >= 4 is 21.6 Å². The zero-order valence-corrected chi connectivity index (χ0v) is 16.6. The highest BCUT2D eigenvalue weighted by Gasteiger charge is 2.16. The van der Waals surface area contributed by atoms with Gasteiger partial charge in [-0.1, -0.05) is 24.1 Å². The Hall–Kier alpha value is -2.82. The molecule has 0 atom stereocenters. The van der Waals surface area contributed by atoms with E-state index in [4.69, 9.17) is 6.42 Å². The van der Waals surface area contributed by atoms with Gasteiger partial charge < -0.3 is 10.2 Å². The number of carbonyl (C=O) groups is 1. The van der Waals surface area contributed by atoms with Crippen molar-refractivity contribution in [3.63, 3.8) is 0 Å². The normalized spacial score (nSPS) is 13.5. The summed E-state index contributed by atoms with van der Waals surface area (Å²) in [4.78, 5) is 14.7. The van der Waals surface area contributed by atoms with Crippen LogP contribution in [0, 0.1) is 12.3 Å². The van der Waals surface area contributed by atoms with Crippen LogP contribution in [0.4, 0.5) is 5.69 Å². The van der Waals surface area contributed by atoms with E-state index in [0.29, 0.717) is 6.54 Å². The molecule has 146 valence electrons. The lowest BCUT2D eigenvalue weighted by molar-refractivity contribution is 0.0950. The second kappa shape index (κ2) is 8.46. The van der Waals surface area contributed by atoms with Gasteiger partial charge in [0.15, 0.2) is 0 Å². The summed E-state index contributed by atoms with van der Waals surface area (Å²) in [6.45, 7) is 1.33. The predicted octanol–water partition coefficient (Wildman–Crippen LogP) is 1.91. The molecule has 0 saturated heterocycles. The number of carbonyl (C=O) groups excluding carboxylic acids is 1. The summed E-state index contributed by atoms with van der Waals surface area (Å²) in [5.74, 6) is 1.89. The van der Waals surface area contributed by atoms with Crippen LogP contribution in [0.5, 0.6) is 0 Å². The second-order valence-corrected chi connectivity index (χ2v) is 8.49. The fourth-order valence-electron chi connectivity index (χ4n) is 3.26. The highest BCUT2D eigenvalue weighted by Crippen LogP contribution is 2.26. The van der Waals surface area contributed by atoms with Gasteiger partial charge in [0.2, 0.25) is 10.0 Å². The van der Waals surface area contributed by atoms with Gasteiger partial charge in [0.1, 0.15) is 0 Å². The molecule has 1 heterocycles. The largest absolute Gasteiger partial charge is 0.374 e. The van der Waals surface area contributed by atoms with Gasteiger partial charge in [0, 0.05) is 31.4 Å². The third-order valence-electron chi connectivity index (χ3n) is 4.72. The Kier molecular flexibility index (Phi) is 6.02. The lowest BCUT2D eigenvalue weighted by atomic mass is 9.99. The molecule has 1 amide bonds. The minimum absolute atomic E-state index is 0.00668. The van der Waals surface area contributed by atoms with Crippen molar-refractivity contribution in [2.75, 3.05) is 25.0 Å². The van der Waals surface area contributed by atoms with Crippen LogP contribution < -0.4 is 14.9 Å². The van der Waals surface area contributed by atoms with Gasteiger partial charge in [0.25, 0.3) is 5.91 Å². The molecule has 1 aliphatic rings. The number of rotatable bonds is 6. The van der Waals surface area contributed by atoms with E-state index in [-0.39, 0.29) is 22.9 Å². The topological polar surface area (TPSA) is 78.5 Å². The molecule has 0 saturated carbocycles. The molecule has 0 spiro atoms. The molecule has 0 aromatic heterocycles. The standard InChI is InChI=1S/C21H23N3O3S/c1-3-11-23-28(26,27)19-8-4-6-18(14-19)21(25)22-15-16-9-10-20-17(13-16)7-5-12-24(20)2/h1,4,6,8-10,13-14,23H,5,7,11-12,15H2,2H3,(H,22,25). The maximum atomic E-state index is 12.5. The fourth-order valence-corrected chi connectivity index (χ4v) is 4.24. The van der Waals surface area contributed by atoms with E-state index in [2.05, 4.69) is 40.0 Å². The van der Waals surface area contributed by atoms with Crippen LogP contribution >= 0.6 is 0 Å². The molecular weight excluding hydrogens is 374 g/mol. The Labute approximate surface area is 166 Å². The van der Waals surface area contributed by atoms with Crippen LogP contribution in [0.1, 0.15) is 27.9 Å². The molecule has 2 aromatic rings. The van der Waals surface area contributed by atoms with Crippen molar-refractivity contribution in [3.8, 4) is 12.3 Å². The number of amides is 1. The summed E-state index contributed by atoms with van der Waals surface area (Å²) in [7, 11) is -1.66. The number of fused-ring (bicyclic) bond motifs is 1. The summed E-state index contributed by atoms with van der Waals surface area (Å²) < 4.78 is 26.6. The van der Waals surface area contributed by atoms with Crippen LogP contribution in [0.3, 0.4) is 0 Å². The minimum atomic E-state index is -3.74. The lowest BCUT2D eigenvalue weighted by Gasteiger charge is -2.27. The van der Waals surface area contributed by atoms with E-state index < -0.39 is 10.0 Å². The zero-order valence-electron chi connectivity index (χ0n) is 15.7. The van der Waals surface area contributed by atoms with Gasteiger partial charge in [-0.05, 0) is 48.2 Å². The molecule has 0 radical (unpaired) electrons. The molecule has 2 N–H and O–H groups in total. The number of hydrogen-bond donors (Lipinski definition) is 2. The van der Waals surface area contributed by atoms with Gasteiger partial charge >= 0.3 is 0 Å². The van der Waals surface area contributed by atoms with Crippen LogP contribution in [0.2, 0.25) is 0 Å². The van der Waals surface area contributed by atoms with Crippen molar-refractivity contribution in [3.05, 3.63) is 59.2 Å². The zero-order chi connectivity index (χ0) is 20.1. The molecule has 28 heavy (non-hydrogen) atoms. The molecule has 0 aliphatic carbocycles. The summed E-state index contributed by atoms with van der Waals surface area (Å²) >= 11 is 0. The van der Waals surface area contributed by atoms with Crippen molar-refractivity contribution in [1.29, 1.82) is 0 Å². The maximum absolute atomic E-state index is 12.5. The Bertz CT molecular complexity index is 1030. The van der Waals surface area contributed by atoms with E-state index >= 15 is 0 Å². The van der Waals surface area contributed by atoms with Crippen molar-refractivity contribution in [1.82, 2.24) is 10.0 Å². The Morgan fingerprint density at radius 2 is 2.07 bits per heavy atom. The average molecular weight is 398 g/mol. The summed E-state index contributed by atoms with van der Waals surface area (Å²) in [6, 6.07) is 12.1. The third-order valence-corrected chi connectivity index (χ3v) is 6.12. The molecule has 2 aromatic carbocycles. The first kappa shape index (κ1) is 19.9. The Balaban J connectivity index is 1.69. The first-order valence-corrected chi connectivity index (χ1v) is 10.5. The van der Waals surface area contributed by atoms with Crippen LogP contribution in [0.25, 0.3) is 0 Å². The van der Waals surface area contributed by atoms with E-state index in [1.165, 1.54) is 29.4 Å². The van der Waals surface area contributed by atoms with Gasteiger partial charge in [-0.3, -0.25) is 4.79 Å². The van der Waals surface area contributed by atoms with E-state index in [1.807, 2.05) is 6.07 Å². The quantitative estimate of drug-likeness (QED) is 0.730. The summed E-state index contributed by atoms with van der Waals surface area (Å²) in [6.07, 6.45) is 7.25. The molecular formula is C21H23N3O3S. The predicted molar refractivity (Wildman–Crippen MR) is 110 cm³/mol. The van der Waals surface area contributed by atoms with Gasteiger partial charge in [-0.15, -0.1) is 6.42 Å². The number of aryl methyl sites for hydroxylation is 1. The fraction of sp³-hybridized carbons (Fsp3) is 0.286. The number of anilines is 1. The van der Waals surface area contributed by atoms with Gasteiger partial charge in [-0.25, -0.2) is 8.42 Å². The molecule has 0 fully saturated rings.